The van der Waals surface area contributed by atoms with E-state index in [0.29, 0.717) is 31.1 Å². The summed E-state index contributed by atoms with van der Waals surface area (Å²) >= 11 is 1.85. The van der Waals surface area contributed by atoms with E-state index in [1.54, 1.807) is 18.2 Å². The number of phenols is 1. The summed E-state index contributed by atoms with van der Waals surface area (Å²) in [6.45, 7) is 0. The van der Waals surface area contributed by atoms with Crippen molar-refractivity contribution >= 4 is 38.6 Å². The molecule has 3 N–H and O–H groups in total. The van der Waals surface area contributed by atoms with Crippen LogP contribution in [0.25, 0.3) is 10.9 Å². The molecule has 202 valence electrons. The third kappa shape index (κ3) is 6.02. The maximum absolute atomic E-state index is 14.0. The molecule has 2 fully saturated rings. The molecule has 1 saturated heterocycles. The molecule has 0 spiro atoms. The average Bonchev–Trinajstić information content (AvgIpc) is 2.91. The molecular weight excluding hydrogens is 531 g/mol. The summed E-state index contributed by atoms with van der Waals surface area (Å²) in [7, 11) is -4.04. The second-order valence-corrected chi connectivity index (χ2v) is 12.4. The highest BCUT2D eigenvalue weighted by Gasteiger charge is 2.30. The third-order valence-corrected chi connectivity index (χ3v) is 9.50. The van der Waals surface area contributed by atoms with E-state index in [9.17, 15) is 22.7 Å². The Labute approximate surface area is 224 Å². The zero-order valence-electron chi connectivity index (χ0n) is 20.6. The van der Waals surface area contributed by atoms with Crippen molar-refractivity contribution in [3.8, 4) is 11.6 Å². The van der Waals surface area contributed by atoms with Crippen molar-refractivity contribution in [3.05, 3.63) is 54.1 Å². The maximum atomic E-state index is 14.0. The number of phenolic OH excluding ortho intramolecular Hbond substituents is 1. The monoisotopic (exact) mass is 560 g/mol. The van der Waals surface area contributed by atoms with Gasteiger partial charge in [-0.3, -0.25) is 9.78 Å². The Morgan fingerprint density at radius 1 is 1.05 bits per heavy atom. The molecule has 1 aromatic carbocycles. The largest absolute Gasteiger partial charge is 0.506 e. The smallest absolute Gasteiger partial charge is 0.257 e. The van der Waals surface area contributed by atoms with Crippen LogP contribution in [0.5, 0.6) is 11.6 Å². The highest BCUT2D eigenvalue weighted by Crippen LogP contribution is 2.31. The van der Waals surface area contributed by atoms with Crippen LogP contribution < -0.4 is 14.8 Å². The molecule has 2 aliphatic rings. The van der Waals surface area contributed by atoms with E-state index in [1.165, 1.54) is 12.3 Å². The van der Waals surface area contributed by atoms with Gasteiger partial charge in [-0.05, 0) is 74.3 Å². The molecule has 9 nitrogen and oxygen atoms in total. The number of hydrogen-bond acceptors (Lipinski definition) is 8. The van der Waals surface area contributed by atoms with Crippen molar-refractivity contribution in [1.29, 1.82) is 0 Å². The Kier molecular flexibility index (Phi) is 8.01. The van der Waals surface area contributed by atoms with Crippen molar-refractivity contribution in [1.82, 2.24) is 20.0 Å². The molecule has 38 heavy (non-hydrogen) atoms. The number of benzene rings is 1. The minimum Gasteiger partial charge on any atom is -0.506 e. The van der Waals surface area contributed by atoms with E-state index >= 15 is 0 Å². The molecule has 0 bridgehead atoms. The van der Waals surface area contributed by atoms with Gasteiger partial charge in [-0.1, -0.05) is 6.07 Å². The predicted molar refractivity (Wildman–Crippen MR) is 142 cm³/mol. The fourth-order valence-corrected chi connectivity index (χ4v) is 7.53. The molecule has 0 radical (unpaired) electrons. The number of aromatic nitrogens is 2. The Hall–Kier alpha value is -2.96. The quantitative estimate of drug-likeness (QED) is 0.398. The maximum Gasteiger partial charge on any atom is 0.257 e. The Morgan fingerprint density at radius 3 is 2.55 bits per heavy atom. The van der Waals surface area contributed by atoms with Crippen molar-refractivity contribution < 1.29 is 27.4 Å². The molecule has 3 heterocycles. The van der Waals surface area contributed by atoms with Crippen LogP contribution in [0.4, 0.5) is 4.39 Å². The summed E-state index contributed by atoms with van der Waals surface area (Å²) in [4.78, 5) is 21.0. The van der Waals surface area contributed by atoms with Gasteiger partial charge in [-0.2, -0.15) is 11.8 Å². The number of ether oxygens (including phenoxy) is 1. The number of halogens is 1. The van der Waals surface area contributed by atoms with E-state index in [-0.39, 0.29) is 45.8 Å². The van der Waals surface area contributed by atoms with Crippen molar-refractivity contribution in [2.45, 2.75) is 61.6 Å². The van der Waals surface area contributed by atoms with Crippen molar-refractivity contribution in [2.75, 3.05) is 11.5 Å². The second-order valence-electron chi connectivity index (χ2n) is 9.57. The number of amides is 1. The van der Waals surface area contributed by atoms with Gasteiger partial charge >= 0.3 is 0 Å². The Balaban J connectivity index is 1.21. The fourth-order valence-electron chi connectivity index (χ4n) is 4.90. The molecule has 12 heteroatoms. The highest BCUT2D eigenvalue weighted by molar-refractivity contribution is 7.99. The summed E-state index contributed by atoms with van der Waals surface area (Å²) in [5.41, 5.74) is 0.264. The number of carbonyl (C=O) groups excluding carboxylic acids is 1. The summed E-state index contributed by atoms with van der Waals surface area (Å²) in [5, 5.41) is 13.9. The normalized spacial score (nSPS) is 20.8. The number of thioether (sulfide) groups is 1. The van der Waals surface area contributed by atoms with Gasteiger partial charge in [0.1, 0.15) is 28.1 Å². The fraction of sp³-hybridized carbons (Fsp3) is 0.423. The topological polar surface area (TPSA) is 131 Å². The van der Waals surface area contributed by atoms with Gasteiger partial charge in [0.2, 0.25) is 15.9 Å². The van der Waals surface area contributed by atoms with Gasteiger partial charge in [-0.15, -0.1) is 0 Å². The lowest BCUT2D eigenvalue weighted by molar-refractivity contribution is 0.0914. The number of rotatable bonds is 7. The molecule has 0 unspecified atom stereocenters. The first-order chi connectivity index (χ1) is 18.3. The number of hydrogen-bond donors (Lipinski definition) is 3. The van der Waals surface area contributed by atoms with Gasteiger partial charge in [0.15, 0.2) is 0 Å². The van der Waals surface area contributed by atoms with Crippen LogP contribution >= 0.6 is 11.8 Å². The predicted octanol–water partition coefficient (Wildman–Crippen LogP) is 3.77. The summed E-state index contributed by atoms with van der Waals surface area (Å²) in [6, 6.07) is 6.94. The zero-order valence-corrected chi connectivity index (χ0v) is 22.2. The van der Waals surface area contributed by atoms with Crippen LogP contribution in [0, 0.1) is 5.82 Å². The number of nitrogens with one attached hydrogen (secondary N) is 2. The number of sulfonamides is 1. The zero-order chi connectivity index (χ0) is 26.7. The number of pyridine rings is 2. The average molecular weight is 561 g/mol. The molecule has 1 amide bonds. The second kappa shape index (κ2) is 11.4. The molecule has 0 atom stereocenters. The number of carbonyl (C=O) groups is 1. The van der Waals surface area contributed by atoms with Crippen LogP contribution in [0.1, 0.15) is 48.9 Å². The van der Waals surface area contributed by atoms with Crippen LogP contribution in [-0.4, -0.2) is 59.1 Å². The third-order valence-electron chi connectivity index (χ3n) is 6.87. The molecular formula is C26H29FN4O5S2. The molecule has 5 rings (SSSR count). The van der Waals surface area contributed by atoms with Crippen molar-refractivity contribution in [3.63, 3.8) is 0 Å². The van der Waals surface area contributed by atoms with Crippen LogP contribution in [0.3, 0.4) is 0 Å². The first-order valence-electron chi connectivity index (χ1n) is 12.6. The number of fused-ring (bicyclic) bond motifs is 1. The minimum atomic E-state index is -4.04. The van der Waals surface area contributed by atoms with Gasteiger partial charge in [0.05, 0.1) is 11.7 Å². The Morgan fingerprint density at radius 2 is 1.79 bits per heavy atom. The van der Waals surface area contributed by atoms with Crippen LogP contribution in [0.2, 0.25) is 0 Å². The van der Waals surface area contributed by atoms with E-state index in [4.69, 9.17) is 4.74 Å². The molecule has 1 aliphatic heterocycles. The lowest BCUT2D eigenvalue weighted by atomic mass is 9.91. The number of nitrogens with zero attached hydrogens (tertiary/aromatic N) is 2. The summed E-state index contributed by atoms with van der Waals surface area (Å²) < 4.78 is 48.9. The lowest BCUT2D eigenvalue weighted by Crippen LogP contribution is -2.44. The summed E-state index contributed by atoms with van der Waals surface area (Å²) in [6.07, 6.45) is 6.17. The lowest BCUT2D eigenvalue weighted by Gasteiger charge is -2.30. The Bertz CT molecular complexity index is 1420. The summed E-state index contributed by atoms with van der Waals surface area (Å²) in [5.74, 6) is 0.622. The molecule has 3 aromatic rings. The van der Waals surface area contributed by atoms with E-state index in [2.05, 4.69) is 20.0 Å². The first-order valence-corrected chi connectivity index (χ1v) is 15.2. The highest BCUT2D eigenvalue weighted by atomic mass is 32.2. The standard InChI is InChI=1S/C26H29FN4O5S2/c27-17-14-21(26(29-15-17)36-20-9-12-37-13-10-20)25(33)30-18-4-6-19(7-5-18)31-38(34,35)24-22(32)8-3-16-2-1-11-28-23(16)24/h1-3,8,11,14-15,18-20,31-32H,4-7,9-10,12-13H2,(H,30,33). The van der Waals surface area contributed by atoms with E-state index in [0.717, 1.165) is 36.6 Å². The van der Waals surface area contributed by atoms with Gasteiger partial charge in [0, 0.05) is 23.7 Å². The molecule has 2 aromatic heterocycles. The minimum absolute atomic E-state index is 0.0550. The van der Waals surface area contributed by atoms with Crippen LogP contribution in [0.15, 0.2) is 47.6 Å². The van der Waals surface area contributed by atoms with Crippen LogP contribution in [-0.2, 0) is 10.0 Å². The van der Waals surface area contributed by atoms with Gasteiger partial charge in [-0.25, -0.2) is 22.5 Å². The molecule has 1 aliphatic carbocycles. The SMILES string of the molecule is O=C(NC1CCC(NS(=O)(=O)c2c(O)ccc3cccnc23)CC1)c1cc(F)cnc1OC1CCSCC1. The first kappa shape index (κ1) is 26.6. The van der Waals surface area contributed by atoms with E-state index in [1.807, 2.05) is 11.8 Å². The van der Waals surface area contributed by atoms with Crippen molar-refractivity contribution in [2.24, 2.45) is 0 Å². The van der Waals surface area contributed by atoms with E-state index < -0.39 is 21.7 Å². The van der Waals surface area contributed by atoms with Gasteiger partial charge < -0.3 is 15.2 Å². The van der Waals surface area contributed by atoms with Gasteiger partial charge in [0.25, 0.3) is 5.91 Å². The molecule has 1 saturated carbocycles. The number of aromatic hydroxyl groups is 1.